The largest absolute Gasteiger partial charge is 0.469 e. The maximum Gasteiger partial charge on any atom is 0.313 e. The third-order valence-electron chi connectivity index (χ3n) is 5.69. The van der Waals surface area contributed by atoms with Crippen LogP contribution < -0.4 is 0 Å². The van der Waals surface area contributed by atoms with Crippen LogP contribution >= 0.6 is 11.3 Å². The van der Waals surface area contributed by atoms with Crippen molar-refractivity contribution >= 4 is 23.2 Å². The molecule has 130 valence electrons. The standard InChI is InChI=1S/C20H21NO3S/c1-24-19(23)20-10-5-8-15(20)12-21(13-20)18(22)17-16(9-11-25-17)14-6-3-2-4-7-14/h2-4,6-7,9,11,15H,5,8,10,12-13H2,1H3. The van der Waals surface area contributed by atoms with E-state index in [1.54, 1.807) is 0 Å². The van der Waals surface area contributed by atoms with Gasteiger partial charge in [0.1, 0.15) is 0 Å². The first-order valence-corrected chi connectivity index (χ1v) is 9.54. The second kappa shape index (κ2) is 6.30. The Kier molecular flexibility index (Phi) is 4.12. The van der Waals surface area contributed by atoms with E-state index in [1.165, 1.54) is 18.4 Å². The van der Waals surface area contributed by atoms with Crippen LogP contribution in [0.1, 0.15) is 28.9 Å². The van der Waals surface area contributed by atoms with Gasteiger partial charge in [0.15, 0.2) is 0 Å². The van der Waals surface area contributed by atoms with Crippen molar-refractivity contribution in [2.75, 3.05) is 20.2 Å². The Hall–Kier alpha value is -2.14. The fourth-order valence-corrected chi connectivity index (χ4v) is 5.33. The van der Waals surface area contributed by atoms with Gasteiger partial charge in [-0.25, -0.2) is 0 Å². The van der Waals surface area contributed by atoms with Gasteiger partial charge in [-0.15, -0.1) is 11.3 Å². The van der Waals surface area contributed by atoms with E-state index in [0.717, 1.165) is 35.3 Å². The Labute approximate surface area is 151 Å². The van der Waals surface area contributed by atoms with Gasteiger partial charge in [-0.3, -0.25) is 9.59 Å². The van der Waals surface area contributed by atoms with Gasteiger partial charge in [0.05, 0.1) is 17.4 Å². The number of fused-ring (bicyclic) bond motifs is 1. The number of esters is 1. The lowest BCUT2D eigenvalue weighted by molar-refractivity contribution is -0.153. The van der Waals surface area contributed by atoms with Gasteiger partial charge in [0.2, 0.25) is 0 Å². The van der Waals surface area contributed by atoms with Gasteiger partial charge in [-0.2, -0.15) is 0 Å². The summed E-state index contributed by atoms with van der Waals surface area (Å²) < 4.78 is 5.08. The van der Waals surface area contributed by atoms with Gasteiger partial charge in [0, 0.05) is 18.7 Å². The smallest absolute Gasteiger partial charge is 0.313 e. The van der Waals surface area contributed by atoms with Crippen molar-refractivity contribution in [2.45, 2.75) is 19.3 Å². The van der Waals surface area contributed by atoms with Crippen LogP contribution in [-0.4, -0.2) is 37.0 Å². The number of benzene rings is 1. The van der Waals surface area contributed by atoms with Gasteiger partial charge >= 0.3 is 5.97 Å². The molecular weight excluding hydrogens is 334 g/mol. The highest BCUT2D eigenvalue weighted by Crippen LogP contribution is 2.50. The number of hydrogen-bond acceptors (Lipinski definition) is 4. The van der Waals surface area contributed by atoms with E-state index < -0.39 is 5.41 Å². The summed E-state index contributed by atoms with van der Waals surface area (Å²) >= 11 is 1.47. The lowest BCUT2D eigenvalue weighted by Gasteiger charge is -2.25. The minimum atomic E-state index is -0.491. The molecule has 1 saturated heterocycles. The summed E-state index contributed by atoms with van der Waals surface area (Å²) in [4.78, 5) is 28.2. The summed E-state index contributed by atoms with van der Waals surface area (Å²) in [7, 11) is 1.45. The molecule has 1 aromatic heterocycles. The monoisotopic (exact) mass is 355 g/mol. The predicted octanol–water partition coefficient (Wildman–Crippen LogP) is 3.83. The van der Waals surface area contributed by atoms with Crippen LogP contribution in [0.2, 0.25) is 0 Å². The molecule has 0 radical (unpaired) electrons. The minimum Gasteiger partial charge on any atom is -0.469 e. The van der Waals surface area contributed by atoms with E-state index in [0.29, 0.717) is 13.1 Å². The number of ether oxygens (including phenoxy) is 1. The number of thiophene rings is 1. The summed E-state index contributed by atoms with van der Waals surface area (Å²) in [5.41, 5.74) is 1.53. The van der Waals surface area contributed by atoms with Crippen molar-refractivity contribution in [1.82, 2.24) is 4.90 Å². The molecule has 4 rings (SSSR count). The molecule has 2 fully saturated rings. The molecule has 0 bridgehead atoms. The zero-order chi connectivity index (χ0) is 17.4. The molecule has 2 heterocycles. The number of amides is 1. The van der Waals surface area contributed by atoms with E-state index in [-0.39, 0.29) is 17.8 Å². The molecule has 0 spiro atoms. The normalized spacial score (nSPS) is 25.0. The number of nitrogens with zero attached hydrogens (tertiary/aromatic N) is 1. The Balaban J connectivity index is 1.62. The second-order valence-electron chi connectivity index (χ2n) is 6.95. The van der Waals surface area contributed by atoms with Crippen molar-refractivity contribution in [1.29, 1.82) is 0 Å². The first-order valence-electron chi connectivity index (χ1n) is 8.66. The molecule has 1 aromatic carbocycles. The highest BCUT2D eigenvalue weighted by molar-refractivity contribution is 7.12. The van der Waals surface area contributed by atoms with Gasteiger partial charge in [-0.1, -0.05) is 36.8 Å². The summed E-state index contributed by atoms with van der Waals surface area (Å²) in [6.45, 7) is 1.13. The number of rotatable bonds is 3. The van der Waals surface area contributed by atoms with E-state index in [4.69, 9.17) is 4.74 Å². The van der Waals surface area contributed by atoms with E-state index in [9.17, 15) is 9.59 Å². The SMILES string of the molecule is COC(=O)C12CCCC1CN(C(=O)c1sccc1-c1ccccc1)C2. The molecule has 2 unspecified atom stereocenters. The molecule has 25 heavy (non-hydrogen) atoms. The molecule has 2 atom stereocenters. The van der Waals surface area contributed by atoms with Crippen LogP contribution in [0, 0.1) is 11.3 Å². The fourth-order valence-electron chi connectivity index (χ4n) is 4.44. The second-order valence-corrected chi connectivity index (χ2v) is 7.87. The molecule has 2 aromatic rings. The maximum atomic E-state index is 13.2. The first kappa shape index (κ1) is 16.3. The topological polar surface area (TPSA) is 46.6 Å². The molecule has 0 N–H and O–H groups in total. The average molecular weight is 355 g/mol. The summed E-state index contributed by atoms with van der Waals surface area (Å²) in [5, 5.41) is 1.96. The van der Waals surface area contributed by atoms with Crippen LogP contribution in [0.4, 0.5) is 0 Å². The summed E-state index contributed by atoms with van der Waals surface area (Å²) in [6.07, 6.45) is 2.86. The molecule has 4 nitrogen and oxygen atoms in total. The Morgan fingerprint density at radius 1 is 1.24 bits per heavy atom. The Bertz CT molecular complexity index is 800. The van der Waals surface area contributed by atoms with E-state index >= 15 is 0 Å². The average Bonchev–Trinajstić information content (AvgIpc) is 3.35. The number of carbonyl (C=O) groups is 2. The van der Waals surface area contributed by atoms with E-state index in [1.807, 2.05) is 46.7 Å². The van der Waals surface area contributed by atoms with E-state index in [2.05, 4.69) is 0 Å². The molecule has 1 aliphatic carbocycles. The Morgan fingerprint density at radius 2 is 2.04 bits per heavy atom. The van der Waals surface area contributed by atoms with Crippen LogP contribution in [-0.2, 0) is 9.53 Å². The van der Waals surface area contributed by atoms with Crippen LogP contribution in [0.3, 0.4) is 0 Å². The maximum absolute atomic E-state index is 13.2. The lowest BCUT2D eigenvalue weighted by Crippen LogP contribution is -2.38. The van der Waals surface area contributed by atoms with Gasteiger partial charge in [-0.05, 0) is 35.8 Å². The van der Waals surface area contributed by atoms with Crippen molar-refractivity contribution in [2.24, 2.45) is 11.3 Å². The third kappa shape index (κ3) is 2.58. The molecule has 1 saturated carbocycles. The third-order valence-corrected chi connectivity index (χ3v) is 6.60. The highest BCUT2D eigenvalue weighted by atomic mass is 32.1. The van der Waals surface area contributed by atoms with Crippen molar-refractivity contribution in [3.05, 3.63) is 46.7 Å². The van der Waals surface area contributed by atoms with Crippen molar-refractivity contribution in [3.8, 4) is 11.1 Å². The molecular formula is C20H21NO3S. The van der Waals surface area contributed by atoms with Crippen molar-refractivity contribution in [3.63, 3.8) is 0 Å². The molecule has 5 heteroatoms. The molecule has 1 aliphatic heterocycles. The van der Waals surface area contributed by atoms with Gasteiger partial charge < -0.3 is 9.64 Å². The van der Waals surface area contributed by atoms with Crippen molar-refractivity contribution < 1.29 is 14.3 Å². The zero-order valence-corrected chi connectivity index (χ0v) is 15.1. The quantitative estimate of drug-likeness (QED) is 0.786. The van der Waals surface area contributed by atoms with Gasteiger partial charge in [0.25, 0.3) is 5.91 Å². The zero-order valence-electron chi connectivity index (χ0n) is 14.2. The van der Waals surface area contributed by atoms with Crippen LogP contribution in [0.5, 0.6) is 0 Å². The van der Waals surface area contributed by atoms with Crippen LogP contribution in [0.15, 0.2) is 41.8 Å². The summed E-state index contributed by atoms with van der Waals surface area (Å²) in [6, 6.07) is 12.0. The molecule has 1 amide bonds. The highest BCUT2D eigenvalue weighted by Gasteiger charge is 2.56. The fraction of sp³-hybridized carbons (Fsp3) is 0.400. The minimum absolute atomic E-state index is 0.0338. The number of hydrogen-bond donors (Lipinski definition) is 0. The number of methoxy groups -OCH3 is 1. The number of likely N-dealkylation sites (tertiary alicyclic amines) is 1. The van der Waals surface area contributed by atoms with Crippen LogP contribution in [0.25, 0.3) is 11.1 Å². The molecule has 2 aliphatic rings. The Morgan fingerprint density at radius 3 is 2.80 bits per heavy atom. The number of carbonyl (C=O) groups excluding carboxylic acids is 2. The first-order chi connectivity index (χ1) is 12.2. The summed E-state index contributed by atoms with van der Waals surface area (Å²) in [5.74, 6) is 0.107. The lowest BCUT2D eigenvalue weighted by atomic mass is 9.81. The predicted molar refractivity (Wildman–Crippen MR) is 97.4 cm³/mol.